The lowest BCUT2D eigenvalue weighted by atomic mass is 10.2. The van der Waals surface area contributed by atoms with Crippen LogP contribution in [0.3, 0.4) is 0 Å². The van der Waals surface area contributed by atoms with Crippen LogP contribution in [0.25, 0.3) is 0 Å². The van der Waals surface area contributed by atoms with Gasteiger partial charge in [-0.1, -0.05) is 20.6 Å². The molecule has 0 unspecified atom stereocenters. The van der Waals surface area contributed by atoms with Gasteiger partial charge in [-0.15, -0.1) is 0 Å². The molecule has 0 aliphatic heterocycles. The molecular formula is C25H44F4N2O9. The second kappa shape index (κ2) is 18.8. The number of amides is 2. The molecule has 11 nitrogen and oxygen atoms in total. The fourth-order valence-corrected chi connectivity index (χ4v) is 1.51. The van der Waals surface area contributed by atoms with Crippen molar-refractivity contribution in [1.29, 1.82) is 0 Å². The zero-order chi connectivity index (χ0) is 31.8. The topological polar surface area (TPSA) is 160 Å². The number of hydrogen-bond acceptors (Lipinski definition) is 8. The molecule has 0 aliphatic carbocycles. The summed E-state index contributed by atoms with van der Waals surface area (Å²) in [5.41, 5.74) is -1.33. The lowest BCUT2D eigenvalue weighted by molar-refractivity contribution is -0.153. The van der Waals surface area contributed by atoms with Crippen LogP contribution < -0.4 is 10.6 Å². The number of esters is 1. The number of halogens is 4. The number of carboxylic acids is 1. The van der Waals surface area contributed by atoms with E-state index in [-0.39, 0.29) is 7.43 Å². The number of aliphatic carboxylic acids is 1. The van der Waals surface area contributed by atoms with Crippen molar-refractivity contribution in [2.75, 3.05) is 13.2 Å². The van der Waals surface area contributed by atoms with E-state index in [1.165, 1.54) is 13.8 Å². The molecule has 40 heavy (non-hydrogen) atoms. The smallest absolute Gasteiger partial charge is 0.408 e. The molecule has 0 saturated heterocycles. The van der Waals surface area contributed by atoms with Crippen LogP contribution >= 0.6 is 0 Å². The van der Waals surface area contributed by atoms with Crippen LogP contribution in [0.1, 0.15) is 62.8 Å². The van der Waals surface area contributed by atoms with Crippen LogP contribution in [0.15, 0.2) is 25.3 Å². The molecular weight excluding hydrogens is 548 g/mol. The molecule has 236 valence electrons. The number of rotatable bonds is 9. The van der Waals surface area contributed by atoms with E-state index in [4.69, 9.17) is 19.7 Å². The van der Waals surface area contributed by atoms with Crippen LogP contribution in [0.4, 0.5) is 27.2 Å². The molecule has 2 atom stereocenters. The molecule has 4 N–H and O–H groups in total. The third-order valence-corrected chi connectivity index (χ3v) is 3.41. The van der Waals surface area contributed by atoms with E-state index in [0.717, 1.165) is 0 Å². The predicted molar refractivity (Wildman–Crippen MR) is 140 cm³/mol. The standard InChI is InChI=1S/C12H19F2NO4.C8H15NO4.C4H6F2O.CH4/c1-6-12(13,14)7-18-9(16)8(2)15-10(17)19-11(3,4)5;1-5(6(10)11)9-7(12)13-8(2,3)4;1-2-4(5,6)3-7;/h6,8H,1,7H2,2-5H3,(H,15,17);5H,1-4H3,(H,9,12)(H,10,11);2,7H,1,3H2;1H4/t8-;5-;;/m00../s1. The molecule has 0 aromatic rings. The number of alkyl carbamates (subject to hydrolysis) is 2. The zero-order valence-electron chi connectivity index (χ0n) is 23.4. The maximum Gasteiger partial charge on any atom is 0.408 e. The summed E-state index contributed by atoms with van der Waals surface area (Å²) >= 11 is 0. The van der Waals surface area contributed by atoms with Crippen molar-refractivity contribution >= 4 is 24.1 Å². The van der Waals surface area contributed by atoms with Crippen molar-refractivity contribution in [3.8, 4) is 0 Å². The van der Waals surface area contributed by atoms with Gasteiger partial charge in [0.25, 0.3) is 11.8 Å². The van der Waals surface area contributed by atoms with Crippen molar-refractivity contribution in [2.24, 2.45) is 0 Å². The number of alkyl halides is 4. The number of nitrogens with one attached hydrogen (secondary N) is 2. The molecule has 0 aromatic carbocycles. The van der Waals surface area contributed by atoms with Crippen LogP contribution in [-0.2, 0) is 23.8 Å². The Morgan fingerprint density at radius 2 is 1.15 bits per heavy atom. The van der Waals surface area contributed by atoms with Gasteiger partial charge in [-0.2, -0.15) is 17.6 Å². The number of carbonyl (C=O) groups is 4. The number of hydrogen-bond donors (Lipinski definition) is 4. The normalized spacial score (nSPS) is 12.6. The molecule has 15 heteroatoms. The molecule has 0 spiro atoms. The van der Waals surface area contributed by atoms with Gasteiger partial charge in [-0.3, -0.25) is 4.79 Å². The molecule has 0 aromatic heterocycles. The van der Waals surface area contributed by atoms with Gasteiger partial charge in [-0.25, -0.2) is 14.4 Å². The fraction of sp³-hybridized carbons (Fsp3) is 0.680. The molecule has 0 fully saturated rings. The average molecular weight is 593 g/mol. The Hall–Kier alpha value is -3.36. The largest absolute Gasteiger partial charge is 0.480 e. The molecule has 0 radical (unpaired) electrons. The summed E-state index contributed by atoms with van der Waals surface area (Å²) in [6, 6.07) is -2.02. The van der Waals surface area contributed by atoms with Crippen molar-refractivity contribution in [3.05, 3.63) is 25.3 Å². The summed E-state index contributed by atoms with van der Waals surface area (Å²) in [6.45, 7) is 16.2. The second-order valence-electron chi connectivity index (χ2n) is 9.77. The van der Waals surface area contributed by atoms with E-state index in [9.17, 15) is 36.7 Å². The molecule has 0 saturated carbocycles. The molecule has 0 bridgehead atoms. The van der Waals surface area contributed by atoms with Crippen molar-refractivity contribution in [3.63, 3.8) is 0 Å². The molecule has 2 amide bonds. The Labute approximate surface area is 232 Å². The van der Waals surface area contributed by atoms with E-state index >= 15 is 0 Å². The summed E-state index contributed by atoms with van der Waals surface area (Å²) < 4.78 is 62.6. The number of aliphatic hydroxyl groups is 1. The molecule has 0 aliphatic rings. The maximum atomic E-state index is 12.8. The van der Waals surface area contributed by atoms with Crippen molar-refractivity contribution in [1.82, 2.24) is 10.6 Å². The van der Waals surface area contributed by atoms with Crippen molar-refractivity contribution < 1.29 is 61.2 Å². The first-order valence-corrected chi connectivity index (χ1v) is 11.3. The van der Waals surface area contributed by atoms with Crippen LogP contribution in [-0.4, -0.2) is 82.7 Å². The number of carbonyl (C=O) groups excluding carboxylic acids is 3. The lowest BCUT2D eigenvalue weighted by Gasteiger charge is -2.21. The highest BCUT2D eigenvalue weighted by Gasteiger charge is 2.29. The van der Waals surface area contributed by atoms with Gasteiger partial charge in [0.1, 0.15) is 29.9 Å². The minimum absolute atomic E-state index is 0. The Kier molecular flexibility index (Phi) is 20.6. The second-order valence-corrected chi connectivity index (χ2v) is 9.77. The van der Waals surface area contributed by atoms with Gasteiger partial charge in [-0.05, 0) is 67.5 Å². The van der Waals surface area contributed by atoms with Gasteiger partial charge >= 0.3 is 24.1 Å². The number of aliphatic hydroxyl groups excluding tert-OH is 1. The maximum absolute atomic E-state index is 12.8. The number of carboxylic acid groups (broad SMARTS) is 1. The Bertz CT molecular complexity index is 824. The Balaban J connectivity index is -0.000000267. The Morgan fingerprint density at radius 1 is 0.800 bits per heavy atom. The first-order chi connectivity index (χ1) is 17.3. The highest BCUT2D eigenvalue weighted by atomic mass is 19.3. The van der Waals surface area contributed by atoms with E-state index in [1.54, 1.807) is 41.5 Å². The third kappa shape index (κ3) is 27.7. The number of ether oxygens (including phenoxy) is 3. The summed E-state index contributed by atoms with van der Waals surface area (Å²) in [5.74, 6) is -8.46. The zero-order valence-corrected chi connectivity index (χ0v) is 23.4. The first-order valence-electron chi connectivity index (χ1n) is 11.3. The SMILES string of the molecule is C.C=CC(F)(F)CO.C=CC(F)(F)COC(=O)[C@H](C)NC(=O)OC(C)(C)C.C[C@H](NC(=O)OC(C)(C)C)C(=O)O. The van der Waals surface area contributed by atoms with E-state index < -0.39 is 72.5 Å². The summed E-state index contributed by atoms with van der Waals surface area (Å²) in [5, 5.41) is 20.6. The fourth-order valence-electron chi connectivity index (χ4n) is 1.51. The molecule has 0 heterocycles. The van der Waals surface area contributed by atoms with Crippen molar-refractivity contribution in [2.45, 2.75) is 97.9 Å². The average Bonchev–Trinajstić information content (AvgIpc) is 2.75. The first kappa shape index (κ1) is 43.7. The van der Waals surface area contributed by atoms with Crippen LogP contribution in [0, 0.1) is 0 Å². The van der Waals surface area contributed by atoms with Gasteiger partial charge in [0.2, 0.25) is 0 Å². The quantitative estimate of drug-likeness (QED) is 0.129. The van der Waals surface area contributed by atoms with E-state index in [1.807, 2.05) is 0 Å². The monoisotopic (exact) mass is 592 g/mol. The van der Waals surface area contributed by atoms with Gasteiger partial charge in [0.15, 0.2) is 6.61 Å². The highest BCUT2D eigenvalue weighted by Crippen LogP contribution is 2.15. The lowest BCUT2D eigenvalue weighted by Crippen LogP contribution is -2.43. The minimum Gasteiger partial charge on any atom is -0.480 e. The summed E-state index contributed by atoms with van der Waals surface area (Å²) in [7, 11) is 0. The minimum atomic E-state index is -3.29. The Morgan fingerprint density at radius 3 is 1.40 bits per heavy atom. The van der Waals surface area contributed by atoms with Gasteiger partial charge in [0.05, 0.1) is 0 Å². The van der Waals surface area contributed by atoms with E-state index in [2.05, 4.69) is 28.5 Å². The third-order valence-electron chi connectivity index (χ3n) is 3.41. The van der Waals surface area contributed by atoms with Gasteiger partial charge < -0.3 is 35.1 Å². The van der Waals surface area contributed by atoms with Gasteiger partial charge in [0, 0.05) is 0 Å². The summed E-state index contributed by atoms with van der Waals surface area (Å²) in [4.78, 5) is 44.0. The van der Waals surface area contributed by atoms with E-state index in [0.29, 0.717) is 12.2 Å². The summed E-state index contributed by atoms with van der Waals surface area (Å²) in [6.07, 6.45) is -0.756. The highest BCUT2D eigenvalue weighted by molar-refractivity contribution is 5.81. The predicted octanol–water partition coefficient (Wildman–Crippen LogP) is 4.68. The van der Waals surface area contributed by atoms with Crippen LogP contribution in [0.5, 0.6) is 0 Å². The van der Waals surface area contributed by atoms with Crippen LogP contribution in [0.2, 0.25) is 0 Å². The molecule has 0 rings (SSSR count).